The number of carbonyl (C=O) groups is 2. The van der Waals surface area contributed by atoms with Gasteiger partial charge in [0.25, 0.3) is 0 Å². The molecule has 16 heavy (non-hydrogen) atoms. The molecule has 0 amide bonds. The first-order chi connectivity index (χ1) is 6.11. The monoisotopic (exact) mass is 415 g/mol. The molecule has 0 aliphatic carbocycles. The number of fused-ring (bicyclic) bond motifs is 2. The van der Waals surface area contributed by atoms with Crippen LogP contribution in [0.4, 0.5) is 0 Å². The van der Waals surface area contributed by atoms with Crippen molar-refractivity contribution in [3.05, 3.63) is 0 Å². The summed E-state index contributed by atoms with van der Waals surface area (Å²) in [5.74, 6) is -3.81. The van der Waals surface area contributed by atoms with Crippen molar-refractivity contribution in [3.8, 4) is 0 Å². The van der Waals surface area contributed by atoms with Gasteiger partial charge in [0.15, 0.2) is 0 Å². The Hall–Kier alpha value is -0.492. The van der Waals surface area contributed by atoms with Gasteiger partial charge in [0.1, 0.15) is 0 Å². The third-order valence-electron chi connectivity index (χ3n) is 2.84. The number of carboxylic acids is 2. The van der Waals surface area contributed by atoms with Gasteiger partial charge in [0, 0.05) is 21.1 Å². The molecule has 4 atom stereocenters. The molecule has 2 rings (SSSR count). The van der Waals surface area contributed by atoms with Gasteiger partial charge in [-0.15, -0.1) is 0 Å². The predicted octanol–water partition coefficient (Wildman–Crippen LogP) is 0.271. The van der Waals surface area contributed by atoms with E-state index in [0.717, 1.165) is 0 Å². The fourth-order valence-corrected chi connectivity index (χ4v) is 2.31. The first-order valence-corrected chi connectivity index (χ1v) is 4.22. The Morgan fingerprint density at radius 3 is 1.50 bits per heavy atom. The molecule has 8 N–H and O–H groups in total. The number of ether oxygens (including phenoxy) is 1. The van der Waals surface area contributed by atoms with Crippen LogP contribution in [0.25, 0.3) is 0 Å². The Bertz CT molecular complexity index is 249. The van der Waals surface area contributed by atoms with Crippen LogP contribution in [0.1, 0.15) is 12.8 Å². The third-order valence-corrected chi connectivity index (χ3v) is 2.84. The van der Waals surface area contributed by atoms with Crippen LogP contribution in [0.3, 0.4) is 0 Å². The molecule has 2 heterocycles. The minimum Gasteiger partial charge on any atom is -0.481 e. The van der Waals surface area contributed by atoms with Crippen molar-refractivity contribution in [1.82, 2.24) is 12.3 Å². The van der Waals surface area contributed by atoms with Gasteiger partial charge in [-0.1, -0.05) is 0 Å². The minimum atomic E-state index is -1.06. The smallest absolute Gasteiger partial charge is 0.310 e. The van der Waals surface area contributed by atoms with Gasteiger partial charge in [0.05, 0.1) is 24.0 Å². The van der Waals surface area contributed by atoms with Crippen molar-refractivity contribution in [2.45, 2.75) is 25.0 Å². The van der Waals surface area contributed by atoms with Crippen LogP contribution in [-0.2, 0) is 35.4 Å². The molecule has 98 valence electrons. The molecule has 8 heteroatoms. The van der Waals surface area contributed by atoms with Gasteiger partial charge in [-0.3, -0.25) is 9.59 Å². The number of rotatable bonds is 2. The second-order valence-electron chi connectivity index (χ2n) is 3.52. The number of hydrogen-bond acceptors (Lipinski definition) is 5. The summed E-state index contributed by atoms with van der Waals surface area (Å²) < 4.78 is 5.26. The zero-order valence-corrected chi connectivity index (χ0v) is 10.8. The van der Waals surface area contributed by atoms with Crippen molar-refractivity contribution in [1.29, 1.82) is 0 Å². The standard InChI is InChI=1S/C8H10O5.2H3N.Pt/c9-7(10)5-3-1-2-4(13-3)6(5)8(11)12;;;/h3-6H,1-2H2,(H,9,10)(H,11,12);2*1H3;/t3-,4+,5?,6?;;;. The fraction of sp³-hybridized carbons (Fsp3) is 0.750. The summed E-state index contributed by atoms with van der Waals surface area (Å²) in [6, 6.07) is 0. The average Bonchev–Trinajstić information content (AvgIpc) is 2.60. The SMILES string of the molecule is N.N.O=C(O)C1C(C(=O)O)[C@H]2CC[C@@H]1O2.[Pt]. The fourth-order valence-electron chi connectivity index (χ4n) is 2.31. The Kier molecular flexibility index (Phi) is 7.04. The maximum Gasteiger partial charge on any atom is 0.310 e. The topological polar surface area (TPSA) is 154 Å². The van der Waals surface area contributed by atoms with E-state index in [1.165, 1.54) is 0 Å². The number of aliphatic carboxylic acids is 2. The van der Waals surface area contributed by atoms with Crippen molar-refractivity contribution in [2.75, 3.05) is 0 Å². The molecule has 2 aliphatic rings. The quantitative estimate of drug-likeness (QED) is 0.505. The van der Waals surface area contributed by atoms with E-state index in [1.807, 2.05) is 0 Å². The van der Waals surface area contributed by atoms with Gasteiger partial charge in [-0.2, -0.15) is 0 Å². The molecular formula is C8H16N2O5Pt. The molecule has 0 radical (unpaired) electrons. The summed E-state index contributed by atoms with van der Waals surface area (Å²) in [7, 11) is 0. The molecule has 2 aliphatic heterocycles. The van der Waals surface area contributed by atoms with E-state index in [1.54, 1.807) is 0 Å². The summed E-state index contributed by atoms with van der Waals surface area (Å²) in [5, 5.41) is 17.6. The van der Waals surface area contributed by atoms with Crippen LogP contribution < -0.4 is 12.3 Å². The Balaban J connectivity index is 0. The van der Waals surface area contributed by atoms with Gasteiger partial charge in [-0.25, -0.2) is 0 Å². The Morgan fingerprint density at radius 2 is 1.25 bits per heavy atom. The van der Waals surface area contributed by atoms with E-state index in [2.05, 4.69) is 0 Å². The normalized spacial score (nSPS) is 34.2. The Labute approximate surface area is 107 Å². The average molecular weight is 415 g/mol. The van der Waals surface area contributed by atoms with E-state index >= 15 is 0 Å². The number of hydrogen-bond donors (Lipinski definition) is 4. The van der Waals surface area contributed by atoms with E-state index in [0.29, 0.717) is 12.8 Å². The summed E-state index contributed by atoms with van der Waals surface area (Å²) >= 11 is 0. The zero-order chi connectivity index (χ0) is 9.59. The maximum absolute atomic E-state index is 10.8. The van der Waals surface area contributed by atoms with Gasteiger partial charge < -0.3 is 27.3 Å². The van der Waals surface area contributed by atoms with Crippen LogP contribution >= 0.6 is 0 Å². The molecule has 0 aromatic heterocycles. The Morgan fingerprint density at radius 1 is 0.938 bits per heavy atom. The molecule has 0 saturated carbocycles. The zero-order valence-electron chi connectivity index (χ0n) is 8.57. The van der Waals surface area contributed by atoms with Crippen LogP contribution in [0.2, 0.25) is 0 Å². The summed E-state index contributed by atoms with van der Waals surface area (Å²) in [5.41, 5.74) is 0. The molecule has 7 nitrogen and oxygen atoms in total. The van der Waals surface area contributed by atoms with E-state index in [4.69, 9.17) is 14.9 Å². The van der Waals surface area contributed by atoms with Crippen LogP contribution in [0, 0.1) is 11.8 Å². The molecule has 0 aromatic carbocycles. The minimum absolute atomic E-state index is 0. The van der Waals surface area contributed by atoms with E-state index in [-0.39, 0.29) is 45.6 Å². The summed E-state index contributed by atoms with van der Waals surface area (Å²) in [4.78, 5) is 21.5. The van der Waals surface area contributed by atoms with E-state index < -0.39 is 23.8 Å². The van der Waals surface area contributed by atoms with Crippen molar-refractivity contribution in [3.63, 3.8) is 0 Å². The number of carboxylic acid groups (broad SMARTS) is 2. The maximum atomic E-state index is 10.8. The first-order valence-electron chi connectivity index (χ1n) is 4.22. The second kappa shape index (κ2) is 6.29. The molecular weight excluding hydrogens is 399 g/mol. The molecule has 2 bridgehead atoms. The summed E-state index contributed by atoms with van der Waals surface area (Å²) in [6.45, 7) is 0. The van der Waals surface area contributed by atoms with Crippen molar-refractivity contribution < 1.29 is 45.6 Å². The van der Waals surface area contributed by atoms with Gasteiger partial charge in [-0.05, 0) is 12.8 Å². The van der Waals surface area contributed by atoms with Crippen LogP contribution in [-0.4, -0.2) is 34.4 Å². The van der Waals surface area contributed by atoms with Crippen molar-refractivity contribution >= 4 is 11.9 Å². The molecule has 2 fully saturated rings. The van der Waals surface area contributed by atoms with Gasteiger partial charge >= 0.3 is 11.9 Å². The van der Waals surface area contributed by atoms with Crippen LogP contribution in [0.5, 0.6) is 0 Å². The van der Waals surface area contributed by atoms with Crippen molar-refractivity contribution in [2.24, 2.45) is 11.8 Å². The predicted molar refractivity (Wildman–Crippen MR) is 50.2 cm³/mol. The third kappa shape index (κ3) is 2.60. The van der Waals surface area contributed by atoms with E-state index in [9.17, 15) is 9.59 Å². The van der Waals surface area contributed by atoms with Gasteiger partial charge in [0.2, 0.25) is 0 Å². The molecule has 0 aromatic rings. The molecule has 2 saturated heterocycles. The summed E-state index contributed by atoms with van der Waals surface area (Å²) in [6.07, 6.45) is 0.573. The molecule has 0 spiro atoms. The second-order valence-corrected chi connectivity index (χ2v) is 3.52. The van der Waals surface area contributed by atoms with Crippen LogP contribution in [0.15, 0.2) is 0 Å². The molecule has 2 unspecified atom stereocenters. The first kappa shape index (κ1) is 17.9. The largest absolute Gasteiger partial charge is 0.481 e.